The van der Waals surface area contributed by atoms with Gasteiger partial charge in [0.15, 0.2) is 0 Å². The molecular weight excluding hydrogens is 240 g/mol. The van der Waals surface area contributed by atoms with Crippen LogP contribution in [0.3, 0.4) is 0 Å². The zero-order valence-corrected chi connectivity index (χ0v) is 12.1. The predicted octanol–water partition coefficient (Wildman–Crippen LogP) is 1.27. The van der Waals surface area contributed by atoms with Gasteiger partial charge in [0.25, 0.3) is 0 Å². The standard InChI is InChI=1S/C15H28N2O2/c1-3-9(4-2)12(18)8-17-15(19)13-10-5-6-11(7-10)14(13)16/h9-14,18H,3-8,16H2,1-2H3,(H,17,19). The van der Waals surface area contributed by atoms with Gasteiger partial charge in [-0.15, -0.1) is 0 Å². The fourth-order valence-electron chi connectivity index (χ4n) is 4.05. The van der Waals surface area contributed by atoms with Gasteiger partial charge in [0.2, 0.25) is 5.91 Å². The van der Waals surface area contributed by atoms with E-state index in [1.165, 1.54) is 6.42 Å². The summed E-state index contributed by atoms with van der Waals surface area (Å²) in [7, 11) is 0. The maximum Gasteiger partial charge on any atom is 0.225 e. The molecule has 1 amide bonds. The van der Waals surface area contributed by atoms with Gasteiger partial charge in [-0.05, 0) is 37.0 Å². The Morgan fingerprint density at radius 2 is 1.95 bits per heavy atom. The first kappa shape index (κ1) is 14.8. The fraction of sp³-hybridized carbons (Fsp3) is 0.933. The van der Waals surface area contributed by atoms with Gasteiger partial charge in [0.05, 0.1) is 12.0 Å². The Labute approximate surface area is 116 Å². The Balaban J connectivity index is 1.82. The monoisotopic (exact) mass is 268 g/mol. The maximum atomic E-state index is 12.2. The van der Waals surface area contributed by atoms with E-state index in [0.29, 0.717) is 18.4 Å². The number of nitrogens with one attached hydrogen (secondary N) is 1. The summed E-state index contributed by atoms with van der Waals surface area (Å²) < 4.78 is 0. The minimum absolute atomic E-state index is 0.0207. The zero-order chi connectivity index (χ0) is 14.0. The van der Waals surface area contributed by atoms with E-state index in [4.69, 9.17) is 5.73 Å². The highest BCUT2D eigenvalue weighted by atomic mass is 16.3. The van der Waals surface area contributed by atoms with Gasteiger partial charge in [-0.2, -0.15) is 0 Å². The molecule has 2 aliphatic carbocycles. The minimum atomic E-state index is -0.436. The third-order valence-electron chi connectivity index (χ3n) is 5.36. The molecule has 0 aromatic carbocycles. The molecule has 0 aliphatic heterocycles. The van der Waals surface area contributed by atoms with Crippen LogP contribution in [0.15, 0.2) is 0 Å². The van der Waals surface area contributed by atoms with Crippen molar-refractivity contribution in [1.82, 2.24) is 5.32 Å². The number of rotatable bonds is 6. The molecule has 0 aromatic rings. The van der Waals surface area contributed by atoms with E-state index in [1.54, 1.807) is 0 Å². The van der Waals surface area contributed by atoms with Crippen molar-refractivity contribution < 1.29 is 9.90 Å². The lowest BCUT2D eigenvalue weighted by Gasteiger charge is -2.28. The van der Waals surface area contributed by atoms with Crippen molar-refractivity contribution in [2.24, 2.45) is 29.4 Å². The summed E-state index contributed by atoms with van der Waals surface area (Å²) in [4.78, 5) is 12.2. The minimum Gasteiger partial charge on any atom is -0.391 e. The summed E-state index contributed by atoms with van der Waals surface area (Å²) in [5.41, 5.74) is 6.16. The van der Waals surface area contributed by atoms with E-state index in [0.717, 1.165) is 25.7 Å². The smallest absolute Gasteiger partial charge is 0.225 e. The number of hydrogen-bond donors (Lipinski definition) is 3. The molecule has 0 heterocycles. The third kappa shape index (κ3) is 2.95. The Bertz CT molecular complexity index is 315. The molecule has 4 nitrogen and oxygen atoms in total. The average molecular weight is 268 g/mol. The molecule has 4 heteroatoms. The van der Waals surface area contributed by atoms with Crippen LogP contribution in [-0.2, 0) is 4.79 Å². The van der Waals surface area contributed by atoms with E-state index in [1.807, 2.05) is 0 Å². The lowest BCUT2D eigenvalue weighted by molar-refractivity contribution is -0.127. The number of aliphatic hydroxyl groups is 1. The number of carbonyl (C=O) groups excluding carboxylic acids is 1. The Hall–Kier alpha value is -0.610. The highest BCUT2D eigenvalue weighted by molar-refractivity contribution is 5.80. The van der Waals surface area contributed by atoms with Gasteiger partial charge in [0.1, 0.15) is 0 Å². The van der Waals surface area contributed by atoms with Crippen LogP contribution in [0.5, 0.6) is 0 Å². The topological polar surface area (TPSA) is 75.3 Å². The van der Waals surface area contributed by atoms with E-state index in [2.05, 4.69) is 19.2 Å². The summed E-state index contributed by atoms with van der Waals surface area (Å²) in [6.45, 7) is 4.52. The molecule has 4 N–H and O–H groups in total. The molecule has 110 valence electrons. The van der Waals surface area contributed by atoms with Crippen LogP contribution in [0, 0.1) is 23.7 Å². The second-order valence-corrected chi connectivity index (χ2v) is 6.33. The first-order valence-electron chi connectivity index (χ1n) is 7.79. The van der Waals surface area contributed by atoms with Crippen LogP contribution in [-0.4, -0.2) is 29.7 Å². The van der Waals surface area contributed by atoms with Crippen LogP contribution in [0.2, 0.25) is 0 Å². The Morgan fingerprint density at radius 1 is 1.32 bits per heavy atom. The highest BCUT2D eigenvalue weighted by Crippen LogP contribution is 2.47. The first-order chi connectivity index (χ1) is 9.08. The fourth-order valence-corrected chi connectivity index (χ4v) is 4.05. The first-order valence-corrected chi connectivity index (χ1v) is 7.79. The van der Waals surface area contributed by atoms with Gasteiger partial charge < -0.3 is 16.2 Å². The van der Waals surface area contributed by atoms with E-state index in [-0.39, 0.29) is 23.8 Å². The zero-order valence-electron chi connectivity index (χ0n) is 12.1. The molecule has 5 unspecified atom stereocenters. The predicted molar refractivity (Wildman–Crippen MR) is 75.4 cm³/mol. The largest absolute Gasteiger partial charge is 0.391 e. The Morgan fingerprint density at radius 3 is 2.47 bits per heavy atom. The molecule has 0 saturated heterocycles. The lowest BCUT2D eigenvalue weighted by Crippen LogP contribution is -2.47. The summed E-state index contributed by atoms with van der Waals surface area (Å²) >= 11 is 0. The number of nitrogens with two attached hydrogens (primary N) is 1. The molecule has 2 bridgehead atoms. The van der Waals surface area contributed by atoms with Gasteiger partial charge in [-0.1, -0.05) is 26.7 Å². The van der Waals surface area contributed by atoms with Gasteiger partial charge in [0, 0.05) is 12.6 Å². The van der Waals surface area contributed by atoms with Crippen molar-refractivity contribution in [2.45, 2.75) is 58.1 Å². The second-order valence-electron chi connectivity index (χ2n) is 6.33. The van der Waals surface area contributed by atoms with Crippen LogP contribution in [0.25, 0.3) is 0 Å². The quantitative estimate of drug-likeness (QED) is 0.679. The molecule has 0 radical (unpaired) electrons. The number of amides is 1. The van der Waals surface area contributed by atoms with Crippen molar-refractivity contribution >= 4 is 5.91 Å². The average Bonchev–Trinajstić information content (AvgIpc) is 2.98. The summed E-state index contributed by atoms with van der Waals surface area (Å²) in [6.07, 6.45) is 4.91. The lowest BCUT2D eigenvalue weighted by atomic mass is 9.84. The van der Waals surface area contributed by atoms with Crippen molar-refractivity contribution in [3.8, 4) is 0 Å². The van der Waals surface area contributed by atoms with Crippen LogP contribution >= 0.6 is 0 Å². The summed E-state index contributed by atoms with van der Waals surface area (Å²) in [5.74, 6) is 1.33. The van der Waals surface area contributed by atoms with Crippen molar-refractivity contribution in [3.05, 3.63) is 0 Å². The molecule has 2 fully saturated rings. The van der Waals surface area contributed by atoms with Crippen molar-refractivity contribution in [3.63, 3.8) is 0 Å². The summed E-state index contributed by atoms with van der Waals surface area (Å²) in [5, 5.41) is 13.0. The van der Waals surface area contributed by atoms with Crippen LogP contribution in [0.4, 0.5) is 0 Å². The molecule has 2 saturated carbocycles. The molecule has 0 spiro atoms. The SMILES string of the molecule is CCC(CC)C(O)CNC(=O)C1C2CCC(C2)C1N. The number of fused-ring (bicyclic) bond motifs is 2. The van der Waals surface area contributed by atoms with Gasteiger partial charge in [-0.25, -0.2) is 0 Å². The second kappa shape index (κ2) is 6.23. The molecule has 0 aromatic heterocycles. The van der Waals surface area contributed by atoms with Crippen molar-refractivity contribution in [1.29, 1.82) is 0 Å². The molecule has 2 rings (SSSR count). The Kier molecular flexibility index (Phi) is 4.85. The van der Waals surface area contributed by atoms with Crippen LogP contribution in [0.1, 0.15) is 46.0 Å². The van der Waals surface area contributed by atoms with Crippen LogP contribution < -0.4 is 11.1 Å². The molecule has 5 atom stereocenters. The normalized spacial score (nSPS) is 34.8. The van der Waals surface area contributed by atoms with Gasteiger partial charge in [-0.3, -0.25) is 4.79 Å². The van der Waals surface area contributed by atoms with Crippen molar-refractivity contribution in [2.75, 3.05) is 6.54 Å². The van der Waals surface area contributed by atoms with E-state index in [9.17, 15) is 9.90 Å². The van der Waals surface area contributed by atoms with E-state index >= 15 is 0 Å². The molecule has 2 aliphatic rings. The molecular formula is C15H28N2O2. The number of hydrogen-bond acceptors (Lipinski definition) is 3. The third-order valence-corrected chi connectivity index (χ3v) is 5.36. The van der Waals surface area contributed by atoms with E-state index < -0.39 is 6.10 Å². The highest BCUT2D eigenvalue weighted by Gasteiger charge is 2.49. The summed E-state index contributed by atoms with van der Waals surface area (Å²) in [6, 6.07) is 0.0315. The molecule has 19 heavy (non-hydrogen) atoms. The van der Waals surface area contributed by atoms with Gasteiger partial charge >= 0.3 is 0 Å². The number of carbonyl (C=O) groups is 1. The number of aliphatic hydroxyl groups excluding tert-OH is 1. The maximum absolute atomic E-state index is 12.2.